The van der Waals surface area contributed by atoms with E-state index < -0.39 is 0 Å². The van der Waals surface area contributed by atoms with Crippen LogP contribution in [0.5, 0.6) is 5.75 Å². The van der Waals surface area contributed by atoms with Crippen LogP contribution in [0.4, 0.5) is 0 Å². The number of hydrogen-bond acceptors (Lipinski definition) is 3. The fourth-order valence-electron chi connectivity index (χ4n) is 3.73. The van der Waals surface area contributed by atoms with Gasteiger partial charge in [0.2, 0.25) is 5.43 Å². The summed E-state index contributed by atoms with van der Waals surface area (Å²) in [4.78, 5) is 26.1. The first-order valence-corrected chi connectivity index (χ1v) is 9.86. The molecule has 0 unspecified atom stereocenters. The van der Waals surface area contributed by atoms with Crippen LogP contribution >= 0.6 is 0 Å². The minimum atomic E-state index is -0.368. The number of aromatic nitrogens is 1. The lowest BCUT2D eigenvalue weighted by atomic mass is 9.96. The maximum absolute atomic E-state index is 13.1. The number of ether oxygens (including phenoxy) is 1. The summed E-state index contributed by atoms with van der Waals surface area (Å²) in [6.07, 6.45) is 1.65. The Bertz CT molecular complexity index is 1150. The van der Waals surface area contributed by atoms with Crippen LogP contribution < -0.4 is 15.5 Å². The Labute approximate surface area is 171 Å². The standard InChI is InChI=1S/C24H28N2O3/c1-7-26-13-21(23(27)20-12-18(29-6)8-9-22(20)26)24(28)25-17(5)19-11-15(3)14(2)10-16(19)4/h8-13,17H,7H2,1-6H3,(H,25,28)/t17-/m1/s1. The summed E-state index contributed by atoms with van der Waals surface area (Å²) in [5, 5.41) is 3.48. The molecule has 0 fully saturated rings. The highest BCUT2D eigenvalue weighted by molar-refractivity contribution is 5.97. The topological polar surface area (TPSA) is 60.3 Å². The first-order valence-electron chi connectivity index (χ1n) is 9.86. The van der Waals surface area contributed by atoms with Crippen LogP contribution in [0.15, 0.2) is 41.3 Å². The van der Waals surface area contributed by atoms with Crippen molar-refractivity contribution in [1.29, 1.82) is 0 Å². The molecule has 1 N–H and O–H groups in total. The fraction of sp³-hybridized carbons (Fsp3) is 0.333. The van der Waals surface area contributed by atoms with Crippen LogP contribution in [0.2, 0.25) is 0 Å². The third-order valence-corrected chi connectivity index (χ3v) is 5.57. The summed E-state index contributed by atoms with van der Waals surface area (Å²) in [7, 11) is 1.56. The number of nitrogens with one attached hydrogen (secondary N) is 1. The van der Waals surface area contributed by atoms with E-state index in [1.54, 1.807) is 19.4 Å². The van der Waals surface area contributed by atoms with Crippen molar-refractivity contribution in [2.75, 3.05) is 7.11 Å². The van der Waals surface area contributed by atoms with Gasteiger partial charge < -0.3 is 14.6 Å². The van der Waals surface area contributed by atoms with Gasteiger partial charge in [-0.2, -0.15) is 0 Å². The molecule has 0 aliphatic rings. The normalized spacial score (nSPS) is 12.1. The number of amides is 1. The molecule has 0 aliphatic carbocycles. The first kappa shape index (κ1) is 20.6. The molecule has 1 aromatic heterocycles. The van der Waals surface area contributed by atoms with Gasteiger partial charge >= 0.3 is 0 Å². The monoisotopic (exact) mass is 392 g/mol. The largest absolute Gasteiger partial charge is 0.497 e. The molecule has 2 aromatic carbocycles. The van der Waals surface area contributed by atoms with Crippen molar-refractivity contribution in [2.45, 2.75) is 47.2 Å². The number of methoxy groups -OCH3 is 1. The van der Waals surface area contributed by atoms with E-state index in [-0.39, 0.29) is 22.9 Å². The number of pyridine rings is 1. The van der Waals surface area contributed by atoms with E-state index in [1.165, 1.54) is 11.1 Å². The summed E-state index contributed by atoms with van der Waals surface area (Å²) in [6.45, 7) is 10.7. The van der Waals surface area contributed by atoms with Gasteiger partial charge in [0.25, 0.3) is 5.91 Å². The maximum Gasteiger partial charge on any atom is 0.257 e. The number of benzene rings is 2. The Hall–Kier alpha value is -3.08. The van der Waals surface area contributed by atoms with E-state index in [9.17, 15) is 9.59 Å². The number of rotatable bonds is 5. The van der Waals surface area contributed by atoms with Gasteiger partial charge in [-0.1, -0.05) is 12.1 Å². The highest BCUT2D eigenvalue weighted by atomic mass is 16.5. The molecule has 5 nitrogen and oxygen atoms in total. The van der Waals surface area contributed by atoms with Gasteiger partial charge in [-0.3, -0.25) is 9.59 Å². The molecule has 0 saturated heterocycles. The van der Waals surface area contributed by atoms with Gasteiger partial charge in [0.1, 0.15) is 11.3 Å². The Kier molecular flexibility index (Phi) is 5.78. The average Bonchev–Trinajstić information content (AvgIpc) is 2.70. The molecule has 3 aromatic rings. The van der Waals surface area contributed by atoms with Crippen molar-refractivity contribution in [2.24, 2.45) is 0 Å². The van der Waals surface area contributed by atoms with Gasteiger partial charge in [-0.15, -0.1) is 0 Å². The Morgan fingerprint density at radius 1 is 1.10 bits per heavy atom. The second-order valence-electron chi connectivity index (χ2n) is 7.53. The number of hydrogen-bond donors (Lipinski definition) is 1. The zero-order valence-electron chi connectivity index (χ0n) is 17.9. The fourth-order valence-corrected chi connectivity index (χ4v) is 3.73. The lowest BCUT2D eigenvalue weighted by Crippen LogP contribution is -2.32. The molecule has 1 atom stereocenters. The molecule has 1 amide bonds. The van der Waals surface area contributed by atoms with E-state index >= 15 is 0 Å². The van der Waals surface area contributed by atoms with Crippen molar-refractivity contribution in [1.82, 2.24) is 9.88 Å². The number of carbonyl (C=O) groups is 1. The molecular formula is C24H28N2O3. The number of carbonyl (C=O) groups excluding carboxylic acids is 1. The van der Waals surface area contributed by atoms with Gasteiger partial charge in [0.15, 0.2) is 0 Å². The zero-order chi connectivity index (χ0) is 21.3. The van der Waals surface area contributed by atoms with Crippen LogP contribution in [0.25, 0.3) is 10.9 Å². The molecule has 152 valence electrons. The van der Waals surface area contributed by atoms with Crippen LogP contribution in [0.3, 0.4) is 0 Å². The van der Waals surface area contributed by atoms with Crippen molar-refractivity contribution >= 4 is 16.8 Å². The Morgan fingerprint density at radius 3 is 2.45 bits per heavy atom. The number of fused-ring (bicyclic) bond motifs is 1. The highest BCUT2D eigenvalue weighted by Crippen LogP contribution is 2.23. The Morgan fingerprint density at radius 2 is 1.79 bits per heavy atom. The van der Waals surface area contributed by atoms with E-state index in [0.717, 1.165) is 16.6 Å². The molecule has 29 heavy (non-hydrogen) atoms. The van der Waals surface area contributed by atoms with E-state index in [0.29, 0.717) is 17.7 Å². The summed E-state index contributed by atoms with van der Waals surface area (Å²) < 4.78 is 7.17. The zero-order valence-corrected chi connectivity index (χ0v) is 17.9. The summed E-state index contributed by atoms with van der Waals surface area (Å²) in [5.41, 5.74) is 5.21. The van der Waals surface area contributed by atoms with Gasteiger partial charge in [0, 0.05) is 12.7 Å². The minimum Gasteiger partial charge on any atom is -0.497 e. The smallest absolute Gasteiger partial charge is 0.257 e. The van der Waals surface area contributed by atoms with Crippen molar-refractivity contribution < 1.29 is 9.53 Å². The molecule has 0 spiro atoms. The van der Waals surface area contributed by atoms with Gasteiger partial charge in [0.05, 0.1) is 24.1 Å². The van der Waals surface area contributed by atoms with Crippen LogP contribution in [0, 0.1) is 20.8 Å². The summed E-state index contributed by atoms with van der Waals surface area (Å²) >= 11 is 0. The van der Waals surface area contributed by atoms with Crippen molar-refractivity contribution in [3.63, 3.8) is 0 Å². The molecule has 1 heterocycles. The second-order valence-corrected chi connectivity index (χ2v) is 7.53. The van der Waals surface area contributed by atoms with Gasteiger partial charge in [-0.05, 0) is 75.1 Å². The van der Waals surface area contributed by atoms with E-state index in [2.05, 4.69) is 31.3 Å². The van der Waals surface area contributed by atoms with Crippen LogP contribution in [0.1, 0.15) is 52.5 Å². The number of nitrogens with zero attached hydrogens (tertiary/aromatic N) is 1. The predicted octanol–water partition coefficient (Wildman–Crippen LogP) is 4.45. The molecule has 0 aliphatic heterocycles. The lowest BCUT2D eigenvalue weighted by Gasteiger charge is -2.19. The lowest BCUT2D eigenvalue weighted by molar-refractivity contribution is 0.0938. The quantitative estimate of drug-likeness (QED) is 0.698. The minimum absolute atomic E-state index is 0.140. The SMILES string of the molecule is CCn1cc(C(=O)N[C@H](C)c2cc(C)c(C)cc2C)c(=O)c2cc(OC)ccc21. The highest BCUT2D eigenvalue weighted by Gasteiger charge is 2.19. The molecule has 0 radical (unpaired) electrons. The van der Waals surface area contributed by atoms with E-state index in [4.69, 9.17) is 4.74 Å². The third kappa shape index (κ3) is 3.90. The maximum atomic E-state index is 13.1. The van der Waals surface area contributed by atoms with Crippen LogP contribution in [-0.2, 0) is 6.54 Å². The molecule has 0 bridgehead atoms. The number of aryl methyl sites for hydroxylation is 4. The second kappa shape index (κ2) is 8.11. The predicted molar refractivity (Wildman–Crippen MR) is 117 cm³/mol. The molecule has 3 rings (SSSR count). The van der Waals surface area contributed by atoms with Crippen molar-refractivity contribution in [3.8, 4) is 5.75 Å². The van der Waals surface area contributed by atoms with Crippen LogP contribution in [-0.4, -0.2) is 17.6 Å². The summed E-state index contributed by atoms with van der Waals surface area (Å²) in [6, 6.07) is 9.37. The van der Waals surface area contributed by atoms with E-state index in [1.807, 2.05) is 37.5 Å². The third-order valence-electron chi connectivity index (χ3n) is 5.57. The average molecular weight is 392 g/mol. The van der Waals surface area contributed by atoms with Crippen molar-refractivity contribution in [3.05, 3.63) is 74.6 Å². The molecule has 0 saturated carbocycles. The molecular weight excluding hydrogens is 364 g/mol. The Balaban J connectivity index is 2.02. The first-order chi connectivity index (χ1) is 13.8. The van der Waals surface area contributed by atoms with Gasteiger partial charge in [-0.25, -0.2) is 0 Å². The summed E-state index contributed by atoms with van der Waals surface area (Å²) in [5.74, 6) is 0.223. The molecule has 5 heteroatoms.